The predicted octanol–water partition coefficient (Wildman–Crippen LogP) is 3.71. The van der Waals surface area contributed by atoms with Gasteiger partial charge in [0.05, 0.1) is 0 Å². The molecule has 6 nitrogen and oxygen atoms in total. The van der Waals surface area contributed by atoms with Crippen molar-refractivity contribution >= 4 is 23.2 Å². The highest BCUT2D eigenvalue weighted by Gasteiger charge is 2.32. The molecule has 0 aromatic heterocycles. The molecule has 1 atom stereocenters. The number of nitrogens with zero attached hydrogens (tertiary/aromatic N) is 4. The smallest absolute Gasteiger partial charge is 0.253 e. The molecule has 3 fully saturated rings. The molecule has 0 aliphatic carbocycles. The Morgan fingerprint density at radius 3 is 2.15 bits per heavy atom. The zero-order valence-corrected chi connectivity index (χ0v) is 20.5. The van der Waals surface area contributed by atoms with E-state index in [1.54, 1.807) is 0 Å². The summed E-state index contributed by atoms with van der Waals surface area (Å²) in [5.74, 6) is 0.678. The first kappa shape index (κ1) is 22.9. The number of rotatable bonds is 5. The number of piperazine rings is 1. The number of likely N-dealkylation sites (tertiary alicyclic amines) is 1. The van der Waals surface area contributed by atoms with E-state index >= 15 is 0 Å². The van der Waals surface area contributed by atoms with E-state index in [0.717, 1.165) is 45.0 Å². The predicted molar refractivity (Wildman–Crippen MR) is 137 cm³/mol. The largest absolute Gasteiger partial charge is 0.368 e. The van der Waals surface area contributed by atoms with Crippen molar-refractivity contribution < 1.29 is 9.59 Å². The van der Waals surface area contributed by atoms with Crippen LogP contribution in [-0.4, -0.2) is 74.0 Å². The average molecular weight is 461 g/mol. The number of anilines is 2. The van der Waals surface area contributed by atoms with E-state index in [-0.39, 0.29) is 11.8 Å². The lowest BCUT2D eigenvalue weighted by Crippen LogP contribution is -2.48. The van der Waals surface area contributed by atoms with Crippen LogP contribution in [0.5, 0.6) is 0 Å². The highest BCUT2D eigenvalue weighted by molar-refractivity contribution is 5.98. The fraction of sp³-hybridized carbons (Fsp3) is 0.500. The Balaban J connectivity index is 1.17. The van der Waals surface area contributed by atoms with Gasteiger partial charge in [-0.1, -0.05) is 6.07 Å². The third-order valence-corrected chi connectivity index (χ3v) is 7.48. The molecule has 3 heterocycles. The molecule has 3 aliphatic rings. The van der Waals surface area contributed by atoms with Gasteiger partial charge in [-0.15, -0.1) is 0 Å². The van der Waals surface area contributed by atoms with Crippen LogP contribution in [0.25, 0.3) is 0 Å². The summed E-state index contributed by atoms with van der Waals surface area (Å²) in [4.78, 5) is 34.5. The third kappa shape index (κ3) is 4.97. The second-order valence-corrected chi connectivity index (χ2v) is 10.3. The van der Waals surface area contributed by atoms with Gasteiger partial charge in [0.25, 0.3) is 5.91 Å². The number of carbonyl (C=O) groups excluding carboxylic acids is 2. The molecule has 180 valence electrons. The molecule has 0 bridgehead atoms. The van der Waals surface area contributed by atoms with Crippen LogP contribution in [0.15, 0.2) is 42.5 Å². The standard InChI is InChI=1S/C28H36N4O2/c1-21-15-22(2)17-26(16-21)30-11-13-31(14-12-30)28(34)24-5-7-25(8-6-24)32-20-23(18-27(32)33)19-29-9-3-4-10-29/h5-8,15-17,23H,3-4,9-14,18-20H2,1-2H3. The van der Waals surface area contributed by atoms with E-state index in [4.69, 9.17) is 0 Å². The molecule has 6 heteroatoms. The topological polar surface area (TPSA) is 47.1 Å². The lowest BCUT2D eigenvalue weighted by molar-refractivity contribution is -0.117. The SMILES string of the molecule is Cc1cc(C)cc(N2CCN(C(=O)c3ccc(N4CC(CN5CCCC5)CC4=O)cc3)CC2)c1. The Bertz CT molecular complexity index is 1020. The first-order valence-corrected chi connectivity index (χ1v) is 12.7. The average Bonchev–Trinajstić information content (AvgIpc) is 3.48. The van der Waals surface area contributed by atoms with Crippen LogP contribution >= 0.6 is 0 Å². The van der Waals surface area contributed by atoms with Crippen molar-refractivity contribution in [1.29, 1.82) is 0 Å². The zero-order valence-electron chi connectivity index (χ0n) is 20.5. The Kier molecular flexibility index (Phi) is 6.59. The summed E-state index contributed by atoms with van der Waals surface area (Å²) in [6.07, 6.45) is 3.18. The van der Waals surface area contributed by atoms with Gasteiger partial charge in [-0.25, -0.2) is 0 Å². The zero-order chi connectivity index (χ0) is 23.7. The molecule has 0 saturated carbocycles. The first-order valence-electron chi connectivity index (χ1n) is 12.7. The van der Waals surface area contributed by atoms with Gasteiger partial charge >= 0.3 is 0 Å². The molecular formula is C28H36N4O2. The van der Waals surface area contributed by atoms with Crippen molar-refractivity contribution in [3.8, 4) is 0 Å². The number of carbonyl (C=O) groups is 2. The summed E-state index contributed by atoms with van der Waals surface area (Å²) in [7, 11) is 0. The fourth-order valence-electron chi connectivity index (χ4n) is 5.75. The van der Waals surface area contributed by atoms with Crippen molar-refractivity contribution in [3.63, 3.8) is 0 Å². The molecule has 0 radical (unpaired) electrons. The van der Waals surface area contributed by atoms with Gasteiger partial charge in [0.15, 0.2) is 0 Å². The first-order chi connectivity index (χ1) is 16.5. The maximum absolute atomic E-state index is 13.1. The lowest BCUT2D eigenvalue weighted by Gasteiger charge is -2.36. The van der Waals surface area contributed by atoms with E-state index in [0.29, 0.717) is 17.9 Å². The van der Waals surface area contributed by atoms with Crippen LogP contribution in [0.1, 0.15) is 40.7 Å². The van der Waals surface area contributed by atoms with Gasteiger partial charge < -0.3 is 19.6 Å². The second-order valence-electron chi connectivity index (χ2n) is 10.3. The van der Waals surface area contributed by atoms with Gasteiger partial charge in [-0.05, 0) is 93.2 Å². The number of benzene rings is 2. The molecule has 0 spiro atoms. The van der Waals surface area contributed by atoms with Gasteiger partial charge in [-0.3, -0.25) is 9.59 Å². The Morgan fingerprint density at radius 2 is 1.50 bits per heavy atom. The van der Waals surface area contributed by atoms with Gasteiger partial charge in [0, 0.05) is 62.6 Å². The van der Waals surface area contributed by atoms with Crippen LogP contribution in [-0.2, 0) is 4.79 Å². The highest BCUT2D eigenvalue weighted by Crippen LogP contribution is 2.27. The molecule has 3 aliphatic heterocycles. The molecule has 3 saturated heterocycles. The molecule has 34 heavy (non-hydrogen) atoms. The quantitative estimate of drug-likeness (QED) is 0.683. The fourth-order valence-corrected chi connectivity index (χ4v) is 5.75. The van der Waals surface area contributed by atoms with Crippen LogP contribution in [0.4, 0.5) is 11.4 Å². The number of amides is 2. The van der Waals surface area contributed by atoms with E-state index in [1.165, 1.54) is 42.7 Å². The lowest BCUT2D eigenvalue weighted by atomic mass is 10.1. The molecule has 0 N–H and O–H groups in total. The minimum Gasteiger partial charge on any atom is -0.368 e. The minimum absolute atomic E-state index is 0.0753. The third-order valence-electron chi connectivity index (χ3n) is 7.48. The van der Waals surface area contributed by atoms with Crippen molar-refractivity contribution in [2.24, 2.45) is 5.92 Å². The number of hydrogen-bond acceptors (Lipinski definition) is 4. The van der Waals surface area contributed by atoms with Gasteiger partial charge in [0.1, 0.15) is 0 Å². The van der Waals surface area contributed by atoms with Gasteiger partial charge in [-0.2, -0.15) is 0 Å². The Labute approximate surface area is 203 Å². The Hall–Kier alpha value is -2.86. The monoisotopic (exact) mass is 460 g/mol. The summed E-state index contributed by atoms with van der Waals surface area (Å²) in [5.41, 5.74) is 5.39. The van der Waals surface area contributed by atoms with Crippen LogP contribution in [0.2, 0.25) is 0 Å². The van der Waals surface area contributed by atoms with Crippen molar-refractivity contribution in [2.45, 2.75) is 33.1 Å². The molecule has 5 rings (SSSR count). The van der Waals surface area contributed by atoms with Crippen LogP contribution in [0.3, 0.4) is 0 Å². The van der Waals surface area contributed by atoms with Gasteiger partial charge in [0.2, 0.25) is 5.91 Å². The maximum atomic E-state index is 13.1. The molecule has 1 unspecified atom stereocenters. The summed E-state index contributed by atoms with van der Waals surface area (Å²) in [6.45, 7) is 11.5. The molecule has 2 amide bonds. The van der Waals surface area contributed by atoms with E-state index < -0.39 is 0 Å². The number of aryl methyl sites for hydroxylation is 2. The summed E-state index contributed by atoms with van der Waals surface area (Å²) in [6, 6.07) is 14.3. The van der Waals surface area contributed by atoms with Crippen molar-refractivity contribution in [2.75, 3.05) is 62.2 Å². The van der Waals surface area contributed by atoms with Crippen LogP contribution in [0, 0.1) is 19.8 Å². The molecular weight excluding hydrogens is 424 g/mol. The van der Waals surface area contributed by atoms with Crippen molar-refractivity contribution in [1.82, 2.24) is 9.80 Å². The minimum atomic E-state index is 0.0753. The summed E-state index contributed by atoms with van der Waals surface area (Å²) >= 11 is 0. The second kappa shape index (κ2) is 9.79. The highest BCUT2D eigenvalue weighted by atomic mass is 16.2. The Morgan fingerprint density at radius 1 is 0.853 bits per heavy atom. The normalized spacial score (nSPS) is 21.5. The van der Waals surface area contributed by atoms with E-state index in [9.17, 15) is 9.59 Å². The molecule has 2 aromatic rings. The molecule has 2 aromatic carbocycles. The summed E-state index contributed by atoms with van der Waals surface area (Å²) in [5, 5.41) is 0. The summed E-state index contributed by atoms with van der Waals surface area (Å²) < 4.78 is 0. The number of hydrogen-bond donors (Lipinski definition) is 0. The maximum Gasteiger partial charge on any atom is 0.253 e. The van der Waals surface area contributed by atoms with E-state index in [1.807, 2.05) is 34.1 Å². The van der Waals surface area contributed by atoms with Crippen molar-refractivity contribution in [3.05, 3.63) is 59.2 Å². The van der Waals surface area contributed by atoms with E-state index in [2.05, 4.69) is 41.8 Å². The van der Waals surface area contributed by atoms with Crippen LogP contribution < -0.4 is 9.80 Å².